The molecule has 1 saturated heterocycles. The number of esters is 2. The van der Waals surface area contributed by atoms with Gasteiger partial charge in [-0.05, 0) is 66.1 Å². The summed E-state index contributed by atoms with van der Waals surface area (Å²) in [5.41, 5.74) is 2.76. The SMILES string of the molecule is Cc1cc(-[s+]2c3ccccc3c3ccccc32)cc(C)c1OCCOC(=O)CC1OC(C)(c2ccc3ccccc3c2)OC1=O. The van der Waals surface area contributed by atoms with E-state index in [0.717, 1.165) is 27.6 Å². The fraction of sp³-hybridized carbons (Fsp3) is 0.211. The lowest BCUT2D eigenvalue weighted by Crippen LogP contribution is -2.25. The van der Waals surface area contributed by atoms with Gasteiger partial charge in [-0.3, -0.25) is 4.79 Å². The van der Waals surface area contributed by atoms with Crippen molar-refractivity contribution in [3.05, 3.63) is 120 Å². The van der Waals surface area contributed by atoms with Crippen LogP contribution in [-0.4, -0.2) is 31.3 Å². The van der Waals surface area contributed by atoms with Crippen molar-refractivity contribution in [3.63, 3.8) is 0 Å². The molecule has 45 heavy (non-hydrogen) atoms. The van der Waals surface area contributed by atoms with Gasteiger partial charge >= 0.3 is 11.9 Å². The Labute approximate surface area is 264 Å². The van der Waals surface area contributed by atoms with E-state index in [1.807, 2.05) is 56.3 Å². The molecule has 2 unspecified atom stereocenters. The molecule has 5 aromatic carbocycles. The molecular formula is C38H33O6S+. The summed E-state index contributed by atoms with van der Waals surface area (Å²) in [5.74, 6) is -1.63. The number of rotatable bonds is 8. The Kier molecular flexibility index (Phi) is 7.51. The highest BCUT2D eigenvalue weighted by atomic mass is 32.2. The summed E-state index contributed by atoms with van der Waals surface area (Å²) in [7, 11) is -0.188. The first-order chi connectivity index (χ1) is 21.8. The summed E-state index contributed by atoms with van der Waals surface area (Å²) in [6, 6.07) is 35.3. The van der Waals surface area contributed by atoms with E-state index in [-0.39, 0.29) is 30.1 Å². The number of carbonyl (C=O) groups excluding carboxylic acids is 2. The third kappa shape index (κ3) is 5.43. The second-order valence-electron chi connectivity index (χ2n) is 11.5. The molecule has 0 radical (unpaired) electrons. The molecule has 7 heteroatoms. The number of fused-ring (bicyclic) bond motifs is 4. The molecular weight excluding hydrogens is 584 g/mol. The van der Waals surface area contributed by atoms with E-state index in [1.165, 1.54) is 25.1 Å². The van der Waals surface area contributed by atoms with E-state index in [2.05, 4.69) is 60.7 Å². The van der Waals surface area contributed by atoms with Crippen LogP contribution in [0.3, 0.4) is 0 Å². The summed E-state index contributed by atoms with van der Waals surface area (Å²) < 4.78 is 25.8. The Morgan fingerprint density at radius 1 is 0.800 bits per heavy atom. The van der Waals surface area contributed by atoms with Crippen LogP contribution in [0.2, 0.25) is 0 Å². The van der Waals surface area contributed by atoms with Gasteiger partial charge in [-0.1, -0.05) is 60.7 Å². The maximum atomic E-state index is 12.6. The quantitative estimate of drug-likeness (QED) is 0.0968. The average molecular weight is 618 g/mol. The number of aryl methyl sites for hydroxylation is 2. The van der Waals surface area contributed by atoms with Gasteiger partial charge in [-0.2, -0.15) is 0 Å². The van der Waals surface area contributed by atoms with Crippen LogP contribution < -0.4 is 4.74 Å². The van der Waals surface area contributed by atoms with Gasteiger partial charge in [0.25, 0.3) is 0 Å². The fourth-order valence-corrected chi connectivity index (χ4v) is 8.76. The first-order valence-corrected chi connectivity index (χ1v) is 16.3. The van der Waals surface area contributed by atoms with E-state index in [4.69, 9.17) is 18.9 Å². The zero-order chi connectivity index (χ0) is 31.1. The van der Waals surface area contributed by atoms with Crippen LogP contribution in [0.25, 0.3) is 35.8 Å². The minimum Gasteiger partial charge on any atom is -0.489 e. The molecule has 6 nitrogen and oxygen atoms in total. The van der Waals surface area contributed by atoms with E-state index in [1.54, 1.807) is 6.92 Å². The van der Waals surface area contributed by atoms with Gasteiger partial charge in [-0.15, -0.1) is 0 Å². The van der Waals surface area contributed by atoms with Gasteiger partial charge in [0.2, 0.25) is 5.79 Å². The van der Waals surface area contributed by atoms with Crippen LogP contribution in [0.4, 0.5) is 0 Å². The molecule has 7 rings (SSSR count). The number of cyclic esters (lactones) is 1. The van der Waals surface area contributed by atoms with Gasteiger partial charge in [0.15, 0.2) is 20.4 Å². The first-order valence-electron chi connectivity index (χ1n) is 15.0. The maximum Gasteiger partial charge on any atom is 0.338 e. The molecule has 1 aliphatic heterocycles. The first kappa shape index (κ1) is 29.0. The monoisotopic (exact) mass is 617 g/mol. The zero-order valence-corrected chi connectivity index (χ0v) is 26.2. The molecule has 0 aliphatic carbocycles. The van der Waals surface area contributed by atoms with Crippen LogP contribution in [0, 0.1) is 13.8 Å². The number of thiophene rings is 1. The molecule has 0 bridgehead atoms. The lowest BCUT2D eigenvalue weighted by Gasteiger charge is -2.22. The maximum absolute atomic E-state index is 12.6. The second kappa shape index (κ2) is 11.7. The molecule has 2 heterocycles. The van der Waals surface area contributed by atoms with Gasteiger partial charge < -0.3 is 18.9 Å². The highest BCUT2D eigenvalue weighted by Crippen LogP contribution is 2.49. The summed E-state index contributed by atoms with van der Waals surface area (Å²) in [6.07, 6.45) is -1.28. The Balaban J connectivity index is 0.976. The molecule has 0 N–H and O–H groups in total. The number of hydrogen-bond donors (Lipinski definition) is 0. The molecule has 0 amide bonds. The topological polar surface area (TPSA) is 71.1 Å². The Hall–Kier alpha value is -4.72. The summed E-state index contributed by atoms with van der Waals surface area (Å²) in [6.45, 7) is 6.02. The van der Waals surface area contributed by atoms with Crippen molar-refractivity contribution in [1.29, 1.82) is 0 Å². The molecule has 1 aromatic heterocycles. The predicted molar refractivity (Wildman–Crippen MR) is 178 cm³/mol. The normalized spacial score (nSPS) is 18.0. The summed E-state index contributed by atoms with van der Waals surface area (Å²) >= 11 is 0. The highest BCUT2D eigenvalue weighted by molar-refractivity contribution is 7.50. The third-order valence-corrected chi connectivity index (χ3v) is 10.6. The van der Waals surface area contributed by atoms with E-state index in [0.29, 0.717) is 5.56 Å². The van der Waals surface area contributed by atoms with Crippen molar-refractivity contribution >= 4 is 53.4 Å². The van der Waals surface area contributed by atoms with Crippen molar-refractivity contribution in [1.82, 2.24) is 0 Å². The van der Waals surface area contributed by atoms with Crippen molar-refractivity contribution in [3.8, 4) is 10.6 Å². The number of benzene rings is 5. The van der Waals surface area contributed by atoms with Crippen LogP contribution in [0.15, 0.2) is 103 Å². The van der Waals surface area contributed by atoms with Gasteiger partial charge in [0.1, 0.15) is 19.0 Å². The average Bonchev–Trinajstić information content (AvgIpc) is 3.53. The molecule has 6 aromatic rings. The summed E-state index contributed by atoms with van der Waals surface area (Å²) in [5, 5.41) is 4.67. The van der Waals surface area contributed by atoms with Crippen molar-refractivity contribution in [2.24, 2.45) is 0 Å². The predicted octanol–water partition coefficient (Wildman–Crippen LogP) is 8.63. The highest BCUT2D eigenvalue weighted by Gasteiger charge is 2.47. The Bertz CT molecular complexity index is 2020. The Morgan fingerprint density at radius 3 is 2.11 bits per heavy atom. The van der Waals surface area contributed by atoms with E-state index in [9.17, 15) is 9.59 Å². The summed E-state index contributed by atoms with van der Waals surface area (Å²) in [4.78, 5) is 26.5. The molecule has 1 fully saturated rings. The smallest absolute Gasteiger partial charge is 0.338 e. The molecule has 2 atom stereocenters. The van der Waals surface area contributed by atoms with Crippen molar-refractivity contribution in [2.75, 3.05) is 13.2 Å². The van der Waals surface area contributed by atoms with E-state index < -0.39 is 23.8 Å². The van der Waals surface area contributed by atoms with E-state index >= 15 is 0 Å². The molecule has 0 spiro atoms. The molecule has 0 saturated carbocycles. The fourth-order valence-electron chi connectivity index (χ4n) is 6.20. The zero-order valence-electron chi connectivity index (χ0n) is 25.4. The van der Waals surface area contributed by atoms with Gasteiger partial charge in [0.05, 0.1) is 6.42 Å². The minimum absolute atomic E-state index is 0.0499. The second-order valence-corrected chi connectivity index (χ2v) is 13.5. The lowest BCUT2D eigenvalue weighted by molar-refractivity contribution is -0.175. The molecule has 226 valence electrons. The van der Waals surface area contributed by atoms with Crippen LogP contribution >= 0.6 is 10.5 Å². The minimum atomic E-state index is -1.28. The van der Waals surface area contributed by atoms with Crippen LogP contribution in [0.5, 0.6) is 5.75 Å². The number of carbonyl (C=O) groups is 2. The molecule has 1 aliphatic rings. The van der Waals surface area contributed by atoms with Gasteiger partial charge in [-0.25, -0.2) is 4.79 Å². The number of ether oxygens (including phenoxy) is 4. The standard InChI is InChI=1S/C38H33O6S/c1-24-20-29(45-33-14-8-6-12-30(33)31-13-7-9-15-34(31)45)21-25(2)36(24)42-19-18-41-35(39)23-32-37(40)44-38(3,43-32)28-17-16-26-10-4-5-11-27(26)22-28/h4-17,20-22,32H,18-19,23H2,1-3H3/q+1. The van der Waals surface area contributed by atoms with Crippen molar-refractivity contribution in [2.45, 2.75) is 39.1 Å². The van der Waals surface area contributed by atoms with Crippen LogP contribution in [-0.2, 0) is 29.6 Å². The lowest BCUT2D eigenvalue weighted by atomic mass is 10.0. The largest absolute Gasteiger partial charge is 0.489 e. The Morgan fingerprint density at radius 2 is 1.42 bits per heavy atom. The van der Waals surface area contributed by atoms with Crippen LogP contribution in [0.1, 0.15) is 30.0 Å². The van der Waals surface area contributed by atoms with Crippen molar-refractivity contribution < 1.29 is 28.5 Å². The van der Waals surface area contributed by atoms with Gasteiger partial charge in [0, 0.05) is 45.9 Å². The third-order valence-electron chi connectivity index (χ3n) is 8.32. The number of hydrogen-bond acceptors (Lipinski definition) is 6.